The molecule has 1 amide bonds. The summed E-state index contributed by atoms with van der Waals surface area (Å²) in [5.74, 6) is -0.537. The van der Waals surface area contributed by atoms with Gasteiger partial charge in [0.05, 0.1) is 4.92 Å². The minimum atomic E-state index is -1.81. The summed E-state index contributed by atoms with van der Waals surface area (Å²) in [6.07, 6.45) is -1.01. The number of carbonyl (C=O) groups excluding carboxylic acids is 1. The number of amides is 1. The van der Waals surface area contributed by atoms with Crippen molar-refractivity contribution in [2.24, 2.45) is 0 Å². The highest BCUT2D eigenvalue weighted by molar-refractivity contribution is 6.68. The smallest absolute Gasteiger partial charge is 0.269 e. The molecule has 0 heterocycles. The van der Waals surface area contributed by atoms with Gasteiger partial charge in [-0.3, -0.25) is 14.9 Å². The number of anilines is 1. The Morgan fingerprint density at radius 2 is 1.62 bits per heavy atom. The van der Waals surface area contributed by atoms with Crippen molar-refractivity contribution in [1.82, 2.24) is 5.32 Å². The Balaban J connectivity index is 2.14. The van der Waals surface area contributed by atoms with E-state index in [1.807, 2.05) is 6.07 Å². The number of hydrogen-bond acceptors (Lipinski definition) is 4. The van der Waals surface area contributed by atoms with Gasteiger partial charge in [0, 0.05) is 23.4 Å². The molecule has 2 N–H and O–H groups in total. The SMILES string of the molecule is O=C(NC(Nc1ccccc1)C(Cl)(Cl)Cl)c1ccc([N+](=O)[O-])cc1. The van der Waals surface area contributed by atoms with Crippen molar-refractivity contribution in [3.63, 3.8) is 0 Å². The molecule has 0 saturated heterocycles. The number of benzene rings is 2. The number of nitro benzene ring substituents is 1. The maximum absolute atomic E-state index is 12.3. The summed E-state index contributed by atoms with van der Waals surface area (Å²) in [7, 11) is 0. The van der Waals surface area contributed by atoms with Crippen molar-refractivity contribution in [1.29, 1.82) is 0 Å². The molecule has 0 aliphatic carbocycles. The van der Waals surface area contributed by atoms with Crippen molar-refractivity contribution in [3.8, 4) is 0 Å². The van der Waals surface area contributed by atoms with Crippen LogP contribution < -0.4 is 10.6 Å². The molecular formula is C15H12Cl3N3O3. The van der Waals surface area contributed by atoms with Crippen molar-refractivity contribution >= 4 is 52.1 Å². The van der Waals surface area contributed by atoms with Crippen LogP contribution in [-0.2, 0) is 0 Å². The zero-order chi connectivity index (χ0) is 17.7. The molecule has 6 nitrogen and oxygen atoms in total. The second-order valence-electron chi connectivity index (χ2n) is 4.76. The first-order valence-corrected chi connectivity index (χ1v) is 7.84. The summed E-state index contributed by atoms with van der Waals surface area (Å²) in [5.41, 5.74) is 0.736. The lowest BCUT2D eigenvalue weighted by Crippen LogP contribution is -2.49. The van der Waals surface area contributed by atoms with Crippen LogP contribution in [-0.4, -0.2) is 20.8 Å². The maximum Gasteiger partial charge on any atom is 0.269 e. The van der Waals surface area contributed by atoms with Crippen LogP contribution in [0.5, 0.6) is 0 Å². The fourth-order valence-electron chi connectivity index (χ4n) is 1.85. The second kappa shape index (κ2) is 7.70. The number of non-ortho nitro benzene ring substituents is 1. The van der Waals surface area contributed by atoms with Crippen molar-refractivity contribution in [2.45, 2.75) is 9.96 Å². The van der Waals surface area contributed by atoms with E-state index in [0.717, 1.165) is 0 Å². The highest BCUT2D eigenvalue weighted by atomic mass is 35.6. The van der Waals surface area contributed by atoms with Crippen LogP contribution in [0.15, 0.2) is 54.6 Å². The Hall–Kier alpha value is -2.02. The van der Waals surface area contributed by atoms with Crippen LogP contribution in [0.2, 0.25) is 0 Å². The maximum atomic E-state index is 12.3. The van der Waals surface area contributed by atoms with Crippen LogP contribution in [0.3, 0.4) is 0 Å². The zero-order valence-electron chi connectivity index (χ0n) is 12.1. The van der Waals surface area contributed by atoms with Crippen molar-refractivity contribution in [3.05, 3.63) is 70.3 Å². The molecule has 2 aromatic carbocycles. The van der Waals surface area contributed by atoms with E-state index >= 15 is 0 Å². The molecule has 2 rings (SSSR count). The molecule has 0 spiro atoms. The van der Waals surface area contributed by atoms with Crippen molar-refractivity contribution in [2.75, 3.05) is 5.32 Å². The van der Waals surface area contributed by atoms with Crippen LogP contribution >= 0.6 is 34.8 Å². The molecule has 0 radical (unpaired) electrons. The van der Waals surface area contributed by atoms with E-state index in [1.54, 1.807) is 24.3 Å². The lowest BCUT2D eigenvalue weighted by atomic mass is 10.2. The molecule has 1 unspecified atom stereocenters. The monoisotopic (exact) mass is 387 g/mol. The number of nitrogens with zero attached hydrogens (tertiary/aromatic N) is 1. The summed E-state index contributed by atoms with van der Waals surface area (Å²) < 4.78 is -1.81. The number of hydrogen-bond donors (Lipinski definition) is 2. The molecule has 0 fully saturated rings. The number of rotatable bonds is 5. The quantitative estimate of drug-likeness (QED) is 0.349. The highest BCUT2D eigenvalue weighted by Gasteiger charge is 2.34. The van der Waals surface area contributed by atoms with E-state index in [4.69, 9.17) is 34.8 Å². The van der Waals surface area contributed by atoms with E-state index in [2.05, 4.69) is 10.6 Å². The molecule has 24 heavy (non-hydrogen) atoms. The van der Waals surface area contributed by atoms with Gasteiger partial charge in [-0.2, -0.15) is 0 Å². The first kappa shape index (κ1) is 18.3. The predicted octanol–water partition coefficient (Wildman–Crippen LogP) is 4.13. The number of carbonyl (C=O) groups is 1. The van der Waals surface area contributed by atoms with Crippen LogP contribution in [0, 0.1) is 10.1 Å². The topological polar surface area (TPSA) is 84.3 Å². The molecule has 0 saturated carbocycles. The first-order valence-electron chi connectivity index (χ1n) is 6.71. The molecular weight excluding hydrogens is 377 g/mol. The van der Waals surface area contributed by atoms with Crippen LogP contribution in [0.4, 0.5) is 11.4 Å². The molecule has 0 aliphatic heterocycles. The van der Waals surface area contributed by atoms with E-state index < -0.39 is 20.8 Å². The standard InChI is InChI=1S/C15H12Cl3N3O3/c16-15(17,18)14(19-11-4-2-1-3-5-11)20-13(22)10-6-8-12(9-7-10)21(23)24/h1-9,14,19H,(H,20,22). The van der Waals surface area contributed by atoms with Crippen LogP contribution in [0.1, 0.15) is 10.4 Å². The lowest BCUT2D eigenvalue weighted by molar-refractivity contribution is -0.384. The van der Waals surface area contributed by atoms with Gasteiger partial charge in [0.2, 0.25) is 3.79 Å². The molecule has 0 aromatic heterocycles. The Bertz CT molecular complexity index is 718. The van der Waals surface area contributed by atoms with Gasteiger partial charge < -0.3 is 10.6 Å². The molecule has 2 aromatic rings. The normalized spacial score (nSPS) is 12.3. The summed E-state index contributed by atoms with van der Waals surface area (Å²) in [6, 6.07) is 14.0. The number of alkyl halides is 3. The second-order valence-corrected chi connectivity index (χ2v) is 7.13. The Labute approximate surface area is 152 Å². The molecule has 126 valence electrons. The van der Waals surface area contributed by atoms with E-state index in [9.17, 15) is 14.9 Å². The predicted molar refractivity (Wildman–Crippen MR) is 94.7 cm³/mol. The largest absolute Gasteiger partial charge is 0.362 e. The summed E-state index contributed by atoms with van der Waals surface area (Å²) in [4.78, 5) is 22.4. The summed E-state index contributed by atoms with van der Waals surface area (Å²) in [5, 5.41) is 16.1. The van der Waals surface area contributed by atoms with Gasteiger partial charge in [0.1, 0.15) is 6.17 Å². The minimum absolute atomic E-state index is 0.119. The fourth-order valence-corrected chi connectivity index (χ4v) is 2.18. The highest BCUT2D eigenvalue weighted by Crippen LogP contribution is 2.31. The zero-order valence-corrected chi connectivity index (χ0v) is 14.3. The fraction of sp³-hybridized carbons (Fsp3) is 0.133. The first-order chi connectivity index (χ1) is 11.3. The van der Waals surface area contributed by atoms with E-state index in [0.29, 0.717) is 5.69 Å². The molecule has 1 atom stereocenters. The Morgan fingerprint density at radius 3 is 2.12 bits per heavy atom. The average molecular weight is 389 g/mol. The number of para-hydroxylation sites is 1. The minimum Gasteiger partial charge on any atom is -0.362 e. The van der Waals surface area contributed by atoms with Gasteiger partial charge in [0.25, 0.3) is 11.6 Å². The van der Waals surface area contributed by atoms with Gasteiger partial charge in [-0.25, -0.2) is 0 Å². The van der Waals surface area contributed by atoms with E-state index in [1.165, 1.54) is 24.3 Å². The van der Waals surface area contributed by atoms with Gasteiger partial charge in [-0.05, 0) is 24.3 Å². The summed E-state index contributed by atoms with van der Waals surface area (Å²) in [6.45, 7) is 0. The summed E-state index contributed by atoms with van der Waals surface area (Å²) >= 11 is 17.7. The average Bonchev–Trinajstić information content (AvgIpc) is 2.54. The third-order valence-electron chi connectivity index (χ3n) is 3.03. The van der Waals surface area contributed by atoms with Crippen LogP contribution in [0.25, 0.3) is 0 Å². The third kappa shape index (κ3) is 4.99. The van der Waals surface area contributed by atoms with Crippen molar-refractivity contribution < 1.29 is 9.72 Å². The molecule has 9 heteroatoms. The lowest BCUT2D eigenvalue weighted by Gasteiger charge is -2.27. The number of halogens is 3. The van der Waals surface area contributed by atoms with E-state index in [-0.39, 0.29) is 11.3 Å². The van der Waals surface area contributed by atoms with Gasteiger partial charge in [0.15, 0.2) is 0 Å². The Kier molecular flexibility index (Phi) is 5.88. The number of nitro groups is 1. The van der Waals surface area contributed by atoms with Gasteiger partial charge in [-0.1, -0.05) is 53.0 Å². The number of nitrogens with one attached hydrogen (secondary N) is 2. The van der Waals surface area contributed by atoms with Gasteiger partial charge >= 0.3 is 0 Å². The third-order valence-corrected chi connectivity index (χ3v) is 3.68. The Morgan fingerprint density at radius 1 is 1.04 bits per heavy atom. The molecule has 0 aliphatic rings. The van der Waals surface area contributed by atoms with Gasteiger partial charge in [-0.15, -0.1) is 0 Å². The molecule has 0 bridgehead atoms.